The molecule has 29 heavy (non-hydrogen) atoms. The third kappa shape index (κ3) is 3.45. The van der Waals surface area contributed by atoms with E-state index in [1.165, 1.54) is 24.6 Å². The Hall–Kier alpha value is -3.66. The lowest BCUT2D eigenvalue weighted by atomic mass is 9.93. The Bertz CT molecular complexity index is 1050. The number of aromatic amines is 1. The molecule has 1 saturated heterocycles. The van der Waals surface area contributed by atoms with Crippen LogP contribution in [-0.4, -0.2) is 44.8 Å². The van der Waals surface area contributed by atoms with Crippen LogP contribution in [-0.2, 0) is 19.2 Å². The van der Waals surface area contributed by atoms with Gasteiger partial charge in [-0.1, -0.05) is 0 Å². The molecular formula is C19H16N5O5. The van der Waals surface area contributed by atoms with Gasteiger partial charge in [-0.2, -0.15) is 5.01 Å². The Balaban J connectivity index is 1.89. The van der Waals surface area contributed by atoms with Gasteiger partial charge in [0.15, 0.2) is 5.78 Å². The van der Waals surface area contributed by atoms with Crippen molar-refractivity contribution in [3.8, 4) is 0 Å². The molecule has 1 unspecified atom stereocenters. The summed E-state index contributed by atoms with van der Waals surface area (Å²) in [6.07, 6.45) is 7.42. The van der Waals surface area contributed by atoms with Crippen molar-refractivity contribution in [2.45, 2.75) is 31.7 Å². The number of pyridine rings is 1. The first-order valence-electron chi connectivity index (χ1n) is 9.00. The highest BCUT2D eigenvalue weighted by molar-refractivity contribution is 6.03. The SMILES string of the molecule is O=C1C=C(C2=[C]C(=O)NN(N3C(=O)CCCC3=O)C2c2ccc[nH]c2=O)N=CC1. The van der Waals surface area contributed by atoms with Crippen molar-refractivity contribution >= 4 is 29.7 Å². The molecule has 4 rings (SSSR count). The summed E-state index contributed by atoms with van der Waals surface area (Å²) < 4.78 is 0. The fraction of sp³-hybridized carbons (Fsp3) is 0.263. The van der Waals surface area contributed by atoms with Gasteiger partial charge in [0, 0.05) is 48.9 Å². The van der Waals surface area contributed by atoms with E-state index < -0.39 is 29.3 Å². The normalized spacial score (nSPS) is 23.0. The Labute approximate surface area is 164 Å². The van der Waals surface area contributed by atoms with Crippen LogP contribution in [0.15, 0.2) is 45.5 Å². The van der Waals surface area contributed by atoms with Gasteiger partial charge in [0.1, 0.15) is 6.04 Å². The molecule has 1 aromatic heterocycles. The molecule has 10 heteroatoms. The number of hydrogen-bond acceptors (Lipinski definition) is 7. The zero-order valence-electron chi connectivity index (χ0n) is 15.2. The van der Waals surface area contributed by atoms with Gasteiger partial charge in [0.05, 0.1) is 11.8 Å². The molecule has 10 nitrogen and oxygen atoms in total. The van der Waals surface area contributed by atoms with Crippen LogP contribution in [0.3, 0.4) is 0 Å². The van der Waals surface area contributed by atoms with Crippen LogP contribution in [0.1, 0.15) is 37.3 Å². The molecule has 3 amide bonds. The van der Waals surface area contributed by atoms with E-state index in [-0.39, 0.29) is 41.9 Å². The highest BCUT2D eigenvalue weighted by atomic mass is 16.2. The summed E-state index contributed by atoms with van der Waals surface area (Å²) in [5.74, 6) is -1.97. The number of nitrogens with zero attached hydrogens (tertiary/aromatic N) is 3. The van der Waals surface area contributed by atoms with Crippen molar-refractivity contribution in [1.29, 1.82) is 0 Å². The van der Waals surface area contributed by atoms with E-state index in [9.17, 15) is 24.0 Å². The van der Waals surface area contributed by atoms with E-state index in [0.717, 1.165) is 10.1 Å². The molecule has 0 spiro atoms. The molecule has 2 N–H and O–H groups in total. The van der Waals surface area contributed by atoms with Gasteiger partial charge in [-0.25, -0.2) is 0 Å². The largest absolute Gasteiger partial charge is 0.329 e. The number of rotatable bonds is 3. The Morgan fingerprint density at radius 2 is 1.86 bits per heavy atom. The van der Waals surface area contributed by atoms with E-state index in [2.05, 4.69) is 21.5 Å². The molecule has 4 heterocycles. The number of aromatic nitrogens is 1. The Kier molecular flexibility index (Phi) is 4.77. The lowest BCUT2D eigenvalue weighted by Gasteiger charge is -2.42. The number of ketones is 1. The highest BCUT2D eigenvalue weighted by Gasteiger charge is 2.43. The van der Waals surface area contributed by atoms with Crippen molar-refractivity contribution in [1.82, 2.24) is 20.5 Å². The van der Waals surface area contributed by atoms with Gasteiger partial charge >= 0.3 is 0 Å². The minimum absolute atomic E-state index is 0.112. The van der Waals surface area contributed by atoms with Crippen molar-refractivity contribution in [3.05, 3.63) is 57.7 Å². The topological polar surface area (TPSA) is 132 Å². The maximum Gasteiger partial charge on any atom is 0.268 e. The molecule has 0 aromatic carbocycles. The molecule has 1 atom stereocenters. The van der Waals surface area contributed by atoms with Crippen molar-refractivity contribution in [2.24, 2.45) is 4.99 Å². The van der Waals surface area contributed by atoms with Crippen LogP contribution in [0.5, 0.6) is 0 Å². The smallest absolute Gasteiger partial charge is 0.268 e. The maximum atomic E-state index is 12.5. The Morgan fingerprint density at radius 1 is 1.10 bits per heavy atom. The fourth-order valence-electron chi connectivity index (χ4n) is 3.43. The highest BCUT2D eigenvalue weighted by Crippen LogP contribution is 2.35. The summed E-state index contributed by atoms with van der Waals surface area (Å²) in [5.41, 5.74) is 2.35. The number of hydrazine groups is 2. The van der Waals surface area contributed by atoms with Gasteiger partial charge in [0.25, 0.3) is 11.5 Å². The molecular weight excluding hydrogens is 378 g/mol. The number of carbonyl (C=O) groups excluding carboxylic acids is 4. The maximum absolute atomic E-state index is 12.5. The molecule has 1 aromatic rings. The standard InChI is InChI=1S/C19H16N5O5/c25-11-6-8-20-14(9-11)13-10-15(26)22-24(23-16(27)4-1-5-17(23)28)18(13)12-3-2-7-21-19(12)29/h2-3,7-9,18H,1,4-6H2,(H,21,29)(H,22,26). The molecule has 0 aliphatic carbocycles. The van der Waals surface area contributed by atoms with Gasteiger partial charge in [-0.3, -0.25) is 34.4 Å². The first-order valence-corrected chi connectivity index (χ1v) is 9.00. The summed E-state index contributed by atoms with van der Waals surface area (Å²) in [6, 6.07) is 1.99. The molecule has 0 bridgehead atoms. The minimum atomic E-state index is -1.09. The van der Waals surface area contributed by atoms with E-state index in [4.69, 9.17) is 0 Å². The zero-order chi connectivity index (χ0) is 20.5. The molecule has 0 saturated carbocycles. The van der Waals surface area contributed by atoms with E-state index in [1.54, 1.807) is 6.07 Å². The van der Waals surface area contributed by atoms with Crippen LogP contribution in [0.4, 0.5) is 0 Å². The molecule has 3 aliphatic rings. The van der Waals surface area contributed by atoms with Crippen molar-refractivity contribution in [2.75, 3.05) is 0 Å². The molecule has 3 aliphatic heterocycles. The van der Waals surface area contributed by atoms with Gasteiger partial charge < -0.3 is 4.98 Å². The van der Waals surface area contributed by atoms with Crippen molar-refractivity contribution in [3.63, 3.8) is 0 Å². The van der Waals surface area contributed by atoms with E-state index >= 15 is 0 Å². The summed E-state index contributed by atoms with van der Waals surface area (Å²) in [4.78, 5) is 68.5. The predicted molar refractivity (Wildman–Crippen MR) is 98.4 cm³/mol. The zero-order valence-corrected chi connectivity index (χ0v) is 15.2. The fourth-order valence-corrected chi connectivity index (χ4v) is 3.43. The molecule has 1 radical (unpaired) electrons. The summed E-state index contributed by atoms with van der Waals surface area (Å²) >= 11 is 0. The van der Waals surface area contributed by atoms with E-state index in [1.807, 2.05) is 0 Å². The number of piperidine rings is 1. The van der Waals surface area contributed by atoms with Crippen molar-refractivity contribution < 1.29 is 19.2 Å². The number of hydrogen-bond donors (Lipinski definition) is 2. The number of H-pyrrole nitrogens is 1. The second kappa shape index (κ2) is 7.40. The first kappa shape index (κ1) is 18.7. The van der Waals surface area contributed by atoms with Crippen LogP contribution in [0.25, 0.3) is 0 Å². The predicted octanol–water partition coefficient (Wildman–Crippen LogP) is -0.126. The number of imide groups is 1. The summed E-state index contributed by atoms with van der Waals surface area (Å²) in [5, 5.41) is 1.88. The number of aliphatic imine (C=N–C) groups is 1. The first-order chi connectivity index (χ1) is 14.0. The summed E-state index contributed by atoms with van der Waals surface area (Å²) in [7, 11) is 0. The second-order valence-electron chi connectivity index (χ2n) is 6.65. The number of amides is 3. The monoisotopic (exact) mass is 394 g/mol. The lowest BCUT2D eigenvalue weighted by Crippen LogP contribution is -2.62. The third-order valence-electron chi connectivity index (χ3n) is 4.69. The molecule has 147 valence electrons. The van der Waals surface area contributed by atoms with Crippen LogP contribution >= 0.6 is 0 Å². The van der Waals surface area contributed by atoms with Crippen LogP contribution in [0.2, 0.25) is 0 Å². The molecule has 1 fully saturated rings. The number of carbonyl (C=O) groups is 4. The average molecular weight is 394 g/mol. The third-order valence-corrected chi connectivity index (χ3v) is 4.69. The number of nitrogens with one attached hydrogen (secondary N) is 2. The Morgan fingerprint density at radius 3 is 2.55 bits per heavy atom. The van der Waals surface area contributed by atoms with Crippen LogP contribution < -0.4 is 11.0 Å². The summed E-state index contributed by atoms with van der Waals surface area (Å²) in [6.45, 7) is 0. The van der Waals surface area contributed by atoms with Gasteiger partial charge in [-0.05, 0) is 18.6 Å². The van der Waals surface area contributed by atoms with Crippen LogP contribution in [0, 0.1) is 6.08 Å². The van der Waals surface area contributed by atoms with Gasteiger partial charge in [-0.15, -0.1) is 5.12 Å². The minimum Gasteiger partial charge on any atom is -0.329 e. The number of allylic oxidation sites excluding steroid dienone is 1. The van der Waals surface area contributed by atoms with E-state index in [0.29, 0.717) is 6.42 Å². The quantitative estimate of drug-likeness (QED) is 0.687. The average Bonchev–Trinajstić information content (AvgIpc) is 2.68. The second-order valence-corrected chi connectivity index (χ2v) is 6.65. The van der Waals surface area contributed by atoms with Gasteiger partial charge in [0.2, 0.25) is 11.8 Å². The lowest BCUT2D eigenvalue weighted by molar-refractivity contribution is -0.181.